The van der Waals surface area contributed by atoms with E-state index in [9.17, 15) is 14.7 Å². The van der Waals surface area contributed by atoms with E-state index in [4.69, 9.17) is 0 Å². The monoisotopic (exact) mass is 443 g/mol. The van der Waals surface area contributed by atoms with Crippen molar-refractivity contribution in [3.63, 3.8) is 0 Å². The fraction of sp³-hybridized carbons (Fsp3) is 0.333. The molecule has 1 unspecified atom stereocenters. The molecule has 2 fully saturated rings. The molecule has 0 aromatic heterocycles. The normalized spacial score (nSPS) is 18.1. The molecule has 0 aliphatic carbocycles. The summed E-state index contributed by atoms with van der Waals surface area (Å²) in [5.74, 6) is -0.474. The summed E-state index contributed by atoms with van der Waals surface area (Å²) in [5, 5.41) is 15.2. The van der Waals surface area contributed by atoms with Crippen LogP contribution in [0.4, 0.5) is 5.69 Å². The van der Waals surface area contributed by atoms with Gasteiger partial charge in [0, 0.05) is 37.3 Å². The molecular weight excluding hydrogens is 414 g/mol. The summed E-state index contributed by atoms with van der Waals surface area (Å²) in [6.45, 7) is 3.15. The topological polar surface area (TPSA) is 72.9 Å². The smallest absolute Gasteiger partial charge is 0.258 e. The number of anilines is 1. The number of phenols is 1. The van der Waals surface area contributed by atoms with E-state index >= 15 is 0 Å². The number of carbonyl (C=O) groups excluding carboxylic acids is 2. The molecule has 33 heavy (non-hydrogen) atoms. The van der Waals surface area contributed by atoms with Gasteiger partial charge in [0.1, 0.15) is 11.8 Å². The minimum absolute atomic E-state index is 0.0257. The van der Waals surface area contributed by atoms with Crippen molar-refractivity contribution >= 4 is 28.3 Å². The minimum Gasteiger partial charge on any atom is -0.506 e. The lowest BCUT2D eigenvalue weighted by Gasteiger charge is -2.24. The summed E-state index contributed by atoms with van der Waals surface area (Å²) in [6, 6.07) is 18.7. The number of hydrogen-bond donors (Lipinski definition) is 2. The molecular formula is C27H29N3O3. The highest BCUT2D eigenvalue weighted by Crippen LogP contribution is 2.31. The third kappa shape index (κ3) is 4.25. The Kier molecular flexibility index (Phi) is 5.90. The molecule has 2 aliphatic heterocycles. The van der Waals surface area contributed by atoms with Gasteiger partial charge in [-0.1, -0.05) is 42.5 Å². The van der Waals surface area contributed by atoms with Gasteiger partial charge in [0.05, 0.1) is 5.56 Å². The number of aromatic hydroxyl groups is 1. The summed E-state index contributed by atoms with van der Waals surface area (Å²) >= 11 is 0. The quantitative estimate of drug-likeness (QED) is 0.624. The Hall–Kier alpha value is -3.54. The molecule has 0 bridgehead atoms. The van der Waals surface area contributed by atoms with Gasteiger partial charge in [0.25, 0.3) is 5.91 Å². The molecule has 3 aromatic rings. The highest BCUT2D eigenvalue weighted by atomic mass is 16.3. The predicted octanol–water partition coefficient (Wildman–Crippen LogP) is 4.07. The van der Waals surface area contributed by atoms with Gasteiger partial charge in [-0.25, -0.2) is 0 Å². The van der Waals surface area contributed by atoms with Gasteiger partial charge in [-0.15, -0.1) is 0 Å². The van der Waals surface area contributed by atoms with E-state index in [1.54, 1.807) is 17.0 Å². The number of amides is 2. The maximum atomic E-state index is 13.2. The summed E-state index contributed by atoms with van der Waals surface area (Å²) in [5.41, 5.74) is 2.51. The van der Waals surface area contributed by atoms with Crippen molar-refractivity contribution in [2.75, 3.05) is 24.5 Å². The van der Waals surface area contributed by atoms with E-state index in [0.717, 1.165) is 30.5 Å². The Balaban J connectivity index is 1.25. The van der Waals surface area contributed by atoms with Crippen LogP contribution in [0.5, 0.6) is 5.75 Å². The Morgan fingerprint density at radius 1 is 0.909 bits per heavy atom. The van der Waals surface area contributed by atoms with Crippen molar-refractivity contribution in [2.24, 2.45) is 0 Å². The molecule has 6 heteroatoms. The Morgan fingerprint density at radius 2 is 1.67 bits per heavy atom. The van der Waals surface area contributed by atoms with Gasteiger partial charge in [0.15, 0.2) is 0 Å². The third-order valence-corrected chi connectivity index (χ3v) is 6.82. The fourth-order valence-electron chi connectivity index (χ4n) is 4.97. The Bertz CT molecular complexity index is 1170. The Labute approximate surface area is 193 Å². The standard InChI is InChI=1S/C27H29N3O3/c31-25-22-7-2-1-6-20(22)11-14-23(25)27(33)30-17-5-8-24(30)26(32)28-18-19-9-12-21(13-10-19)29-15-3-4-16-29/h1-2,6-7,9-14,24,31H,3-5,8,15-18H2,(H,28,32). The first kappa shape index (κ1) is 21.3. The maximum absolute atomic E-state index is 13.2. The molecule has 0 spiro atoms. The average molecular weight is 444 g/mol. The van der Waals surface area contributed by atoms with E-state index in [-0.39, 0.29) is 23.1 Å². The summed E-state index contributed by atoms with van der Waals surface area (Å²) < 4.78 is 0. The van der Waals surface area contributed by atoms with Crippen LogP contribution in [-0.4, -0.2) is 47.5 Å². The number of hydrogen-bond acceptors (Lipinski definition) is 4. The summed E-state index contributed by atoms with van der Waals surface area (Å²) in [7, 11) is 0. The number of nitrogens with zero attached hydrogens (tertiary/aromatic N) is 2. The molecule has 3 aromatic carbocycles. The van der Waals surface area contributed by atoms with Gasteiger partial charge in [-0.2, -0.15) is 0 Å². The third-order valence-electron chi connectivity index (χ3n) is 6.82. The molecule has 0 saturated carbocycles. The van der Waals surface area contributed by atoms with E-state index in [1.807, 2.05) is 24.3 Å². The van der Waals surface area contributed by atoms with Crippen molar-refractivity contribution in [3.05, 3.63) is 71.8 Å². The summed E-state index contributed by atoms with van der Waals surface area (Å²) in [6.07, 6.45) is 3.87. The zero-order valence-corrected chi connectivity index (χ0v) is 18.7. The van der Waals surface area contributed by atoms with Crippen molar-refractivity contribution < 1.29 is 14.7 Å². The SMILES string of the molecule is O=C(NCc1ccc(N2CCCC2)cc1)C1CCCN1C(=O)c1ccc2ccccc2c1O. The molecule has 2 saturated heterocycles. The molecule has 2 aliphatic rings. The maximum Gasteiger partial charge on any atom is 0.258 e. The Morgan fingerprint density at radius 3 is 2.45 bits per heavy atom. The molecule has 0 radical (unpaired) electrons. The predicted molar refractivity (Wildman–Crippen MR) is 129 cm³/mol. The first-order chi connectivity index (χ1) is 16.1. The van der Waals surface area contributed by atoms with Crippen LogP contribution in [0.15, 0.2) is 60.7 Å². The number of rotatable bonds is 5. The van der Waals surface area contributed by atoms with Crippen molar-refractivity contribution in [3.8, 4) is 5.75 Å². The second-order valence-corrected chi connectivity index (χ2v) is 8.92. The van der Waals surface area contributed by atoms with Gasteiger partial charge in [-0.05, 0) is 54.8 Å². The fourth-order valence-corrected chi connectivity index (χ4v) is 4.97. The van der Waals surface area contributed by atoms with Crippen molar-refractivity contribution in [1.29, 1.82) is 0 Å². The van der Waals surface area contributed by atoms with Crippen molar-refractivity contribution in [2.45, 2.75) is 38.3 Å². The first-order valence-corrected chi connectivity index (χ1v) is 11.7. The van der Waals surface area contributed by atoms with Crippen molar-refractivity contribution in [1.82, 2.24) is 10.2 Å². The number of likely N-dealkylation sites (tertiary alicyclic amines) is 1. The number of benzene rings is 3. The largest absolute Gasteiger partial charge is 0.506 e. The number of nitrogens with one attached hydrogen (secondary N) is 1. The molecule has 2 amide bonds. The van der Waals surface area contributed by atoms with Crippen LogP contribution in [0.25, 0.3) is 10.8 Å². The lowest BCUT2D eigenvalue weighted by Crippen LogP contribution is -2.45. The average Bonchev–Trinajstić information content (AvgIpc) is 3.56. The van der Waals surface area contributed by atoms with E-state index in [0.29, 0.717) is 24.9 Å². The highest BCUT2D eigenvalue weighted by molar-refractivity contribution is 6.05. The molecule has 5 rings (SSSR count). The molecule has 6 nitrogen and oxygen atoms in total. The van der Waals surface area contributed by atoms with Crippen LogP contribution < -0.4 is 10.2 Å². The van der Waals surface area contributed by atoms with Crippen LogP contribution in [0.2, 0.25) is 0 Å². The van der Waals surface area contributed by atoms with Gasteiger partial charge in [0.2, 0.25) is 5.91 Å². The molecule has 1 atom stereocenters. The van der Waals surface area contributed by atoms with Crippen LogP contribution in [-0.2, 0) is 11.3 Å². The zero-order valence-electron chi connectivity index (χ0n) is 18.7. The van der Waals surface area contributed by atoms with E-state index < -0.39 is 6.04 Å². The zero-order chi connectivity index (χ0) is 22.8. The van der Waals surface area contributed by atoms with Gasteiger partial charge < -0.3 is 20.2 Å². The lowest BCUT2D eigenvalue weighted by atomic mass is 10.0. The minimum atomic E-state index is -0.521. The van der Waals surface area contributed by atoms with Gasteiger partial charge >= 0.3 is 0 Å². The van der Waals surface area contributed by atoms with Crippen LogP contribution >= 0.6 is 0 Å². The van der Waals surface area contributed by atoms with Gasteiger partial charge in [-0.3, -0.25) is 9.59 Å². The molecule has 170 valence electrons. The lowest BCUT2D eigenvalue weighted by molar-refractivity contribution is -0.125. The number of carbonyl (C=O) groups is 2. The second kappa shape index (κ2) is 9.14. The molecule has 2 heterocycles. The van der Waals surface area contributed by atoms with Crippen LogP contribution in [0.3, 0.4) is 0 Å². The first-order valence-electron chi connectivity index (χ1n) is 11.7. The van der Waals surface area contributed by atoms with E-state index in [1.165, 1.54) is 18.5 Å². The summed E-state index contributed by atoms with van der Waals surface area (Å²) in [4.78, 5) is 30.2. The molecule has 2 N–H and O–H groups in total. The highest BCUT2D eigenvalue weighted by Gasteiger charge is 2.35. The van der Waals surface area contributed by atoms with Crippen LogP contribution in [0, 0.1) is 0 Å². The van der Waals surface area contributed by atoms with E-state index in [2.05, 4.69) is 34.5 Å². The second-order valence-electron chi connectivity index (χ2n) is 8.92. The van der Waals surface area contributed by atoms with Crippen LogP contribution in [0.1, 0.15) is 41.6 Å². The number of phenolic OH excluding ortho intramolecular Hbond substituents is 1. The number of fused-ring (bicyclic) bond motifs is 1.